The van der Waals surface area contributed by atoms with Gasteiger partial charge in [0.2, 0.25) is 0 Å². The number of hydrogen-bond acceptors (Lipinski definition) is 7. The van der Waals surface area contributed by atoms with Crippen molar-refractivity contribution < 1.29 is 17.6 Å². The Bertz CT molecular complexity index is 1650. The van der Waals surface area contributed by atoms with Gasteiger partial charge in [-0.05, 0) is 48.4 Å². The first-order chi connectivity index (χ1) is 19.1. The number of halogens is 4. The third-order valence-electron chi connectivity index (χ3n) is 7.20. The maximum absolute atomic E-state index is 13.8. The van der Waals surface area contributed by atoms with Crippen molar-refractivity contribution in [2.75, 3.05) is 24.5 Å². The number of aryl methyl sites for hydroxylation is 1. The number of piperazine rings is 1. The molecule has 0 bridgehead atoms. The second kappa shape index (κ2) is 10.7. The van der Waals surface area contributed by atoms with Crippen LogP contribution in [0.15, 0.2) is 59.4 Å². The van der Waals surface area contributed by atoms with E-state index in [4.69, 9.17) is 0 Å². The molecule has 1 saturated heterocycles. The molecule has 3 aromatic heterocycles. The molecule has 0 radical (unpaired) electrons. The number of aromatic nitrogens is 4. The Balaban J connectivity index is 1.56. The maximum atomic E-state index is 13.8. The number of fused-ring (bicyclic) bond motifs is 1. The summed E-state index contributed by atoms with van der Waals surface area (Å²) < 4.78 is 55.7. The van der Waals surface area contributed by atoms with Crippen molar-refractivity contribution in [1.82, 2.24) is 24.4 Å². The Hall–Kier alpha value is -4.37. The highest BCUT2D eigenvalue weighted by Gasteiger charge is 2.37. The number of nitriles is 1. The van der Waals surface area contributed by atoms with E-state index in [1.54, 1.807) is 31.3 Å². The van der Waals surface area contributed by atoms with Gasteiger partial charge in [-0.25, -0.2) is 19.2 Å². The minimum absolute atomic E-state index is 0.188. The van der Waals surface area contributed by atoms with E-state index < -0.39 is 29.4 Å². The number of pyridine rings is 2. The lowest BCUT2D eigenvalue weighted by Gasteiger charge is -2.45. The quantitative estimate of drug-likeness (QED) is 0.339. The number of alkyl halides is 3. The molecule has 1 aliphatic heterocycles. The molecule has 40 heavy (non-hydrogen) atoms. The van der Waals surface area contributed by atoms with Gasteiger partial charge in [-0.2, -0.15) is 23.4 Å². The molecule has 1 aliphatic rings. The van der Waals surface area contributed by atoms with Crippen molar-refractivity contribution in [2.24, 2.45) is 7.05 Å². The monoisotopic (exact) mass is 551 g/mol. The van der Waals surface area contributed by atoms with Crippen LogP contribution in [-0.2, 0) is 13.2 Å². The molecule has 0 N–H and O–H groups in total. The number of anilines is 1. The van der Waals surface area contributed by atoms with Crippen molar-refractivity contribution >= 4 is 16.9 Å². The highest BCUT2D eigenvalue weighted by atomic mass is 19.4. The lowest BCUT2D eigenvalue weighted by molar-refractivity contribution is -0.141. The molecule has 1 aromatic carbocycles. The molecule has 0 spiro atoms. The predicted octanol–water partition coefficient (Wildman–Crippen LogP) is 4.44. The minimum Gasteiger partial charge on any atom is -0.349 e. The number of hydrogen-bond donors (Lipinski definition) is 0. The lowest BCUT2D eigenvalue weighted by atomic mass is 9.98. The molecule has 1 fully saturated rings. The largest absolute Gasteiger partial charge is 0.433 e. The van der Waals surface area contributed by atoms with Gasteiger partial charge < -0.3 is 4.90 Å². The van der Waals surface area contributed by atoms with Crippen LogP contribution < -0.4 is 10.6 Å². The Morgan fingerprint density at radius 1 is 1.05 bits per heavy atom. The highest BCUT2D eigenvalue weighted by Crippen LogP contribution is 2.35. The summed E-state index contributed by atoms with van der Waals surface area (Å²) in [7, 11) is 1.58. The van der Waals surface area contributed by atoms with Crippen molar-refractivity contribution in [3.63, 3.8) is 0 Å². The van der Waals surface area contributed by atoms with E-state index in [1.807, 2.05) is 22.8 Å². The van der Waals surface area contributed by atoms with Gasteiger partial charge in [-0.1, -0.05) is 25.1 Å². The van der Waals surface area contributed by atoms with E-state index in [2.05, 4.69) is 15.0 Å². The summed E-state index contributed by atoms with van der Waals surface area (Å²) in [6.07, 6.45) is -3.99. The van der Waals surface area contributed by atoms with E-state index in [0.717, 1.165) is 6.07 Å². The van der Waals surface area contributed by atoms with Crippen LogP contribution in [-0.4, -0.2) is 50.1 Å². The lowest BCUT2D eigenvalue weighted by Crippen LogP contribution is -2.54. The average Bonchev–Trinajstić information content (AvgIpc) is 2.95. The number of rotatable bonds is 5. The van der Waals surface area contributed by atoms with Gasteiger partial charge in [-0.3, -0.25) is 9.47 Å². The highest BCUT2D eigenvalue weighted by molar-refractivity contribution is 5.86. The van der Waals surface area contributed by atoms with Crippen LogP contribution in [0.25, 0.3) is 11.0 Å². The molecule has 2 unspecified atom stereocenters. The zero-order valence-corrected chi connectivity index (χ0v) is 21.7. The fourth-order valence-electron chi connectivity index (χ4n) is 5.19. The fourth-order valence-corrected chi connectivity index (χ4v) is 5.19. The van der Waals surface area contributed by atoms with E-state index >= 15 is 0 Å². The molecular weight excluding hydrogens is 526 g/mol. The first-order valence-corrected chi connectivity index (χ1v) is 12.7. The van der Waals surface area contributed by atoms with Gasteiger partial charge in [0.05, 0.1) is 17.3 Å². The second-order valence-corrected chi connectivity index (χ2v) is 9.60. The summed E-state index contributed by atoms with van der Waals surface area (Å²) in [6.45, 7) is 3.12. The van der Waals surface area contributed by atoms with Crippen LogP contribution in [0, 0.1) is 17.1 Å². The van der Waals surface area contributed by atoms with Crippen LogP contribution in [0.3, 0.4) is 0 Å². The zero-order chi connectivity index (χ0) is 28.6. The summed E-state index contributed by atoms with van der Waals surface area (Å²) in [6, 6.07) is 13.8. The molecule has 4 heterocycles. The topological polar surface area (TPSA) is 90.9 Å². The third kappa shape index (κ3) is 5.12. The molecule has 5 rings (SSSR count). The van der Waals surface area contributed by atoms with Crippen LogP contribution in [0.1, 0.15) is 42.0 Å². The van der Waals surface area contributed by atoms with E-state index in [-0.39, 0.29) is 17.4 Å². The third-order valence-corrected chi connectivity index (χ3v) is 7.20. The van der Waals surface area contributed by atoms with Crippen LogP contribution in [0.2, 0.25) is 0 Å². The van der Waals surface area contributed by atoms with E-state index in [9.17, 15) is 27.6 Å². The Kier molecular flexibility index (Phi) is 7.25. The van der Waals surface area contributed by atoms with Crippen molar-refractivity contribution in [2.45, 2.75) is 31.6 Å². The molecular formula is C28H25F4N7O. The predicted molar refractivity (Wildman–Crippen MR) is 140 cm³/mol. The van der Waals surface area contributed by atoms with Gasteiger partial charge >= 0.3 is 11.9 Å². The van der Waals surface area contributed by atoms with Gasteiger partial charge in [0.15, 0.2) is 5.82 Å². The first kappa shape index (κ1) is 27.2. The summed E-state index contributed by atoms with van der Waals surface area (Å²) in [4.78, 5) is 29.4. The maximum Gasteiger partial charge on any atom is 0.433 e. The first-order valence-electron chi connectivity index (χ1n) is 12.7. The number of benzene rings is 1. The van der Waals surface area contributed by atoms with Gasteiger partial charge in [0, 0.05) is 32.7 Å². The van der Waals surface area contributed by atoms with Gasteiger partial charge in [0.1, 0.15) is 28.8 Å². The van der Waals surface area contributed by atoms with E-state index in [0.29, 0.717) is 48.5 Å². The normalized spacial score (nSPS) is 17.1. The zero-order valence-electron chi connectivity index (χ0n) is 21.7. The smallest absolute Gasteiger partial charge is 0.349 e. The standard InChI is InChI=1S/C28H25F4N7O/c1-3-20-16-38(13-14-39(20)26-24-22(37(2)27(40)36-26)12-11-19(15-33)34-24)25(17-7-9-18(29)10-8-17)21-5-4-6-23(35-21)28(30,31)32/h4-12,20,25H,3,13-14,16H2,1-2H3. The molecule has 8 nitrogen and oxygen atoms in total. The summed E-state index contributed by atoms with van der Waals surface area (Å²) in [5.41, 5.74) is 0.469. The van der Waals surface area contributed by atoms with E-state index in [1.165, 1.54) is 28.8 Å². The van der Waals surface area contributed by atoms with Crippen molar-refractivity contribution in [1.29, 1.82) is 5.26 Å². The summed E-state index contributed by atoms with van der Waals surface area (Å²) in [5.74, 6) is -0.0965. The molecule has 4 aromatic rings. The Morgan fingerprint density at radius 2 is 1.80 bits per heavy atom. The molecule has 12 heteroatoms. The Labute approximate surface area is 227 Å². The van der Waals surface area contributed by atoms with Crippen LogP contribution >= 0.6 is 0 Å². The minimum atomic E-state index is -4.62. The fraction of sp³-hybridized carbons (Fsp3) is 0.321. The van der Waals surface area contributed by atoms with Crippen LogP contribution in [0.4, 0.5) is 23.4 Å². The van der Waals surface area contributed by atoms with Crippen LogP contribution in [0.5, 0.6) is 0 Å². The summed E-state index contributed by atoms with van der Waals surface area (Å²) >= 11 is 0. The molecule has 206 valence electrons. The van der Waals surface area contributed by atoms with Gasteiger partial charge in [0.25, 0.3) is 0 Å². The average molecular weight is 552 g/mol. The molecule has 2 atom stereocenters. The molecule has 0 saturated carbocycles. The van der Waals surface area contributed by atoms with Crippen molar-refractivity contribution in [3.8, 4) is 6.07 Å². The SMILES string of the molecule is CCC1CN(C(c2ccc(F)cc2)c2cccc(C(F)(F)F)n2)CCN1c1nc(=O)n(C)c2ccc(C#N)nc12. The summed E-state index contributed by atoms with van der Waals surface area (Å²) in [5, 5.41) is 9.40. The Morgan fingerprint density at radius 3 is 2.48 bits per heavy atom. The number of nitrogens with zero attached hydrogens (tertiary/aromatic N) is 7. The molecule has 0 aliphatic carbocycles. The van der Waals surface area contributed by atoms with Gasteiger partial charge in [-0.15, -0.1) is 0 Å². The van der Waals surface area contributed by atoms with Crippen molar-refractivity contribution in [3.05, 3.63) is 93.5 Å². The molecule has 0 amide bonds. The second-order valence-electron chi connectivity index (χ2n) is 9.60.